The minimum atomic E-state index is -1.82. The van der Waals surface area contributed by atoms with Crippen molar-refractivity contribution in [2.24, 2.45) is 0 Å². The molecule has 0 radical (unpaired) electrons. The maximum absolute atomic E-state index is 9.10. The van der Waals surface area contributed by atoms with Crippen molar-refractivity contribution in [1.82, 2.24) is 5.32 Å². The number of benzene rings is 1. The maximum atomic E-state index is 9.10. The minimum absolute atomic E-state index is 0.215. The van der Waals surface area contributed by atoms with Crippen molar-refractivity contribution in [2.45, 2.75) is 12.2 Å². The first-order valence-electron chi connectivity index (χ1n) is 5.60. The van der Waals surface area contributed by atoms with Crippen LogP contribution in [0.5, 0.6) is 0 Å². The largest absolute Gasteiger partial charge is 0.473 e. The number of carboxylic acid groups (broad SMARTS) is 2. The first-order chi connectivity index (χ1) is 8.99. The predicted octanol–water partition coefficient (Wildman–Crippen LogP) is 1.21. The highest BCUT2D eigenvalue weighted by atomic mass is 35.5. The number of halogens is 1. The summed E-state index contributed by atoms with van der Waals surface area (Å²) in [7, 11) is 0. The Labute approximate surface area is 113 Å². The highest BCUT2D eigenvalue weighted by Gasteiger charge is 2.34. The van der Waals surface area contributed by atoms with Crippen LogP contribution in [-0.2, 0) is 14.3 Å². The van der Waals surface area contributed by atoms with E-state index in [9.17, 15) is 0 Å². The summed E-state index contributed by atoms with van der Waals surface area (Å²) >= 11 is 5.94. The molecule has 2 bridgehead atoms. The molecule has 2 unspecified atom stereocenters. The Balaban J connectivity index is 0.000000192. The monoisotopic (exact) mass is 285 g/mol. The lowest BCUT2D eigenvalue weighted by Gasteiger charge is -2.21. The SMILES string of the molecule is Clc1ccc2c(c1)C1CNCC2O1.O=C(O)C(=O)O. The Bertz CT molecular complexity index is 507. The molecule has 1 fully saturated rings. The number of fused-ring (bicyclic) bond motifs is 5. The molecule has 1 aromatic carbocycles. The van der Waals surface area contributed by atoms with E-state index in [4.69, 9.17) is 36.1 Å². The molecule has 0 aromatic heterocycles. The number of hydrogen-bond acceptors (Lipinski definition) is 4. The fourth-order valence-electron chi connectivity index (χ4n) is 2.12. The molecule has 2 aliphatic rings. The van der Waals surface area contributed by atoms with E-state index in [1.165, 1.54) is 11.1 Å². The predicted molar refractivity (Wildman–Crippen MR) is 66.2 cm³/mol. The summed E-state index contributed by atoms with van der Waals surface area (Å²) in [4.78, 5) is 18.2. The van der Waals surface area contributed by atoms with Crippen LogP contribution in [0.25, 0.3) is 0 Å². The number of ether oxygens (including phenoxy) is 1. The van der Waals surface area contributed by atoms with Crippen LogP contribution in [0.2, 0.25) is 5.02 Å². The van der Waals surface area contributed by atoms with Crippen LogP contribution >= 0.6 is 11.6 Å². The lowest BCUT2D eigenvalue weighted by molar-refractivity contribution is -0.159. The molecule has 102 valence electrons. The van der Waals surface area contributed by atoms with Gasteiger partial charge in [-0.25, -0.2) is 9.59 Å². The Morgan fingerprint density at radius 1 is 1.16 bits per heavy atom. The molecule has 0 amide bonds. The van der Waals surface area contributed by atoms with Gasteiger partial charge in [0.05, 0.1) is 12.2 Å². The summed E-state index contributed by atoms with van der Waals surface area (Å²) in [5, 5.41) is 18.9. The molecule has 0 saturated carbocycles. The summed E-state index contributed by atoms with van der Waals surface area (Å²) in [6.45, 7) is 1.83. The molecule has 1 saturated heterocycles. The first-order valence-corrected chi connectivity index (χ1v) is 5.98. The van der Waals surface area contributed by atoms with Gasteiger partial charge in [0, 0.05) is 18.1 Å². The van der Waals surface area contributed by atoms with Gasteiger partial charge in [-0.05, 0) is 23.3 Å². The second-order valence-corrected chi connectivity index (χ2v) is 4.59. The van der Waals surface area contributed by atoms with Crippen molar-refractivity contribution in [3.8, 4) is 0 Å². The lowest BCUT2D eigenvalue weighted by Crippen LogP contribution is -2.30. The van der Waals surface area contributed by atoms with Gasteiger partial charge >= 0.3 is 11.9 Å². The second-order valence-electron chi connectivity index (χ2n) is 4.16. The number of nitrogens with one attached hydrogen (secondary N) is 1. The van der Waals surface area contributed by atoms with Crippen LogP contribution in [0.4, 0.5) is 0 Å². The average molecular weight is 286 g/mol. The smallest absolute Gasteiger partial charge is 0.414 e. The molecule has 6 nitrogen and oxygen atoms in total. The number of aliphatic carboxylic acids is 2. The molecule has 0 spiro atoms. The Hall–Kier alpha value is -1.63. The molecule has 2 atom stereocenters. The topological polar surface area (TPSA) is 95.9 Å². The number of morpholine rings is 1. The van der Waals surface area contributed by atoms with Crippen LogP contribution in [0, 0.1) is 0 Å². The van der Waals surface area contributed by atoms with Gasteiger partial charge in [0.1, 0.15) is 0 Å². The van der Waals surface area contributed by atoms with Gasteiger partial charge in [-0.3, -0.25) is 0 Å². The molecular formula is C12H12ClNO5. The van der Waals surface area contributed by atoms with E-state index in [1.807, 2.05) is 12.1 Å². The third-order valence-corrected chi connectivity index (χ3v) is 3.15. The van der Waals surface area contributed by atoms with Crippen LogP contribution < -0.4 is 5.32 Å². The summed E-state index contributed by atoms with van der Waals surface area (Å²) < 4.78 is 5.80. The van der Waals surface area contributed by atoms with E-state index in [1.54, 1.807) is 0 Å². The van der Waals surface area contributed by atoms with Gasteiger partial charge in [-0.15, -0.1) is 0 Å². The quantitative estimate of drug-likeness (QED) is 0.620. The van der Waals surface area contributed by atoms with E-state index < -0.39 is 11.9 Å². The van der Waals surface area contributed by atoms with Crippen molar-refractivity contribution >= 4 is 23.5 Å². The Morgan fingerprint density at radius 2 is 1.74 bits per heavy atom. The van der Waals surface area contributed by atoms with E-state index in [-0.39, 0.29) is 12.2 Å². The second kappa shape index (κ2) is 5.56. The average Bonchev–Trinajstić information content (AvgIpc) is 2.61. The van der Waals surface area contributed by atoms with Crippen LogP contribution in [0.3, 0.4) is 0 Å². The summed E-state index contributed by atoms with van der Waals surface area (Å²) in [5.41, 5.74) is 2.57. The summed E-state index contributed by atoms with van der Waals surface area (Å²) in [6.07, 6.45) is 0.457. The third-order valence-electron chi connectivity index (χ3n) is 2.91. The first kappa shape index (κ1) is 13.8. The number of carboxylic acids is 2. The molecular weight excluding hydrogens is 274 g/mol. The third kappa shape index (κ3) is 3.04. The standard InChI is InChI=1S/C10H10ClNO.C2H2O4/c11-6-1-2-7-8(3-6)10-5-12-4-9(7)13-10;3-1(4)2(5)6/h1-3,9-10,12H,4-5H2;(H,3,4)(H,5,6). The summed E-state index contributed by atoms with van der Waals surface area (Å²) in [5.74, 6) is -3.65. The van der Waals surface area contributed by atoms with Crippen LogP contribution in [0.15, 0.2) is 18.2 Å². The van der Waals surface area contributed by atoms with Gasteiger partial charge < -0.3 is 20.3 Å². The molecule has 1 aromatic rings. The molecule has 3 rings (SSSR count). The Kier molecular flexibility index (Phi) is 4.04. The lowest BCUT2D eigenvalue weighted by atomic mass is 10.0. The van der Waals surface area contributed by atoms with E-state index >= 15 is 0 Å². The zero-order chi connectivity index (χ0) is 14.0. The summed E-state index contributed by atoms with van der Waals surface area (Å²) in [6, 6.07) is 6.04. The zero-order valence-corrected chi connectivity index (χ0v) is 10.6. The molecule has 7 heteroatoms. The van der Waals surface area contributed by atoms with Crippen LogP contribution in [-0.4, -0.2) is 35.2 Å². The highest BCUT2D eigenvalue weighted by molar-refractivity contribution is 6.30. The molecule has 2 heterocycles. The van der Waals surface area contributed by atoms with Crippen molar-refractivity contribution in [2.75, 3.05) is 13.1 Å². The highest BCUT2D eigenvalue weighted by Crippen LogP contribution is 2.41. The number of rotatable bonds is 0. The fraction of sp³-hybridized carbons (Fsp3) is 0.333. The number of hydrogen-bond donors (Lipinski definition) is 3. The minimum Gasteiger partial charge on any atom is -0.473 e. The van der Waals surface area contributed by atoms with Gasteiger partial charge in [0.15, 0.2) is 0 Å². The molecule has 19 heavy (non-hydrogen) atoms. The Morgan fingerprint density at radius 3 is 2.32 bits per heavy atom. The molecule has 0 aliphatic carbocycles. The van der Waals surface area contributed by atoms with E-state index in [0.717, 1.165) is 18.1 Å². The molecule has 3 N–H and O–H groups in total. The fourth-order valence-corrected chi connectivity index (χ4v) is 2.30. The van der Waals surface area contributed by atoms with Gasteiger partial charge in [0.2, 0.25) is 0 Å². The van der Waals surface area contributed by atoms with Crippen LogP contribution in [0.1, 0.15) is 23.3 Å². The molecule has 2 aliphatic heterocycles. The van der Waals surface area contributed by atoms with Gasteiger partial charge in [0.25, 0.3) is 0 Å². The van der Waals surface area contributed by atoms with Crippen molar-refractivity contribution in [3.63, 3.8) is 0 Å². The van der Waals surface area contributed by atoms with E-state index in [2.05, 4.69) is 11.4 Å². The van der Waals surface area contributed by atoms with Crippen molar-refractivity contribution < 1.29 is 24.5 Å². The van der Waals surface area contributed by atoms with Gasteiger partial charge in [-0.2, -0.15) is 0 Å². The van der Waals surface area contributed by atoms with Crippen molar-refractivity contribution in [3.05, 3.63) is 34.3 Å². The number of carbonyl (C=O) groups is 2. The van der Waals surface area contributed by atoms with Crippen molar-refractivity contribution in [1.29, 1.82) is 0 Å². The zero-order valence-electron chi connectivity index (χ0n) is 9.80. The normalized spacial score (nSPS) is 23.0. The maximum Gasteiger partial charge on any atom is 0.414 e. The van der Waals surface area contributed by atoms with E-state index in [0.29, 0.717) is 0 Å². The van der Waals surface area contributed by atoms with Gasteiger partial charge in [-0.1, -0.05) is 17.7 Å².